The Morgan fingerprint density at radius 3 is 2.48 bits per heavy atom. The van der Waals surface area contributed by atoms with Crippen LogP contribution in [-0.4, -0.2) is 63.9 Å². The highest BCUT2D eigenvalue weighted by molar-refractivity contribution is 5.85. The van der Waals surface area contributed by atoms with Gasteiger partial charge < -0.3 is 9.64 Å². The molecule has 1 aromatic heterocycles. The third kappa shape index (κ3) is 5.15. The lowest BCUT2D eigenvalue weighted by atomic mass is 9.90. The maximum Gasteiger partial charge on any atom is 0.260 e. The van der Waals surface area contributed by atoms with Crippen molar-refractivity contribution < 1.29 is 22.7 Å². The fourth-order valence-corrected chi connectivity index (χ4v) is 4.16. The molecule has 2 fully saturated rings. The first-order valence-electron chi connectivity index (χ1n) is 10.5. The number of piperidine rings is 2. The number of likely N-dealkylation sites (tertiary alicyclic amines) is 2. The number of hydrogen-bond acceptors (Lipinski definition) is 5. The van der Waals surface area contributed by atoms with Crippen LogP contribution in [0.25, 0.3) is 0 Å². The number of amides is 1. The number of rotatable bonds is 5. The van der Waals surface area contributed by atoms with Crippen LogP contribution in [0.2, 0.25) is 0 Å². The topological polar surface area (TPSA) is 58.6 Å². The normalized spacial score (nSPS) is 19.9. The molecule has 0 spiro atoms. The van der Waals surface area contributed by atoms with Gasteiger partial charge in [0.05, 0.1) is 6.20 Å². The van der Waals surface area contributed by atoms with E-state index in [9.17, 15) is 13.6 Å². The van der Waals surface area contributed by atoms with E-state index in [1.807, 2.05) is 6.07 Å². The lowest BCUT2D eigenvalue weighted by molar-refractivity contribution is -0.149. The molecular formula is C22H25F3N4O2. The van der Waals surface area contributed by atoms with Gasteiger partial charge in [0.1, 0.15) is 11.9 Å². The average molecular weight is 434 g/mol. The molecule has 0 saturated carbocycles. The summed E-state index contributed by atoms with van der Waals surface area (Å²) in [6.07, 6.45) is 4.27. The highest BCUT2D eigenvalue weighted by atomic mass is 19.1. The van der Waals surface area contributed by atoms with Crippen molar-refractivity contribution in [2.45, 2.75) is 44.0 Å². The smallest absolute Gasteiger partial charge is 0.260 e. The Labute approximate surface area is 179 Å². The van der Waals surface area contributed by atoms with Gasteiger partial charge in [-0.05, 0) is 23.8 Å². The van der Waals surface area contributed by atoms with Gasteiger partial charge >= 0.3 is 0 Å². The van der Waals surface area contributed by atoms with Crippen LogP contribution in [0.5, 0.6) is 5.75 Å². The fourth-order valence-electron chi connectivity index (χ4n) is 4.16. The summed E-state index contributed by atoms with van der Waals surface area (Å²) in [7, 11) is 0. The van der Waals surface area contributed by atoms with Crippen molar-refractivity contribution in [1.29, 1.82) is 0 Å². The van der Waals surface area contributed by atoms with Crippen LogP contribution in [0.3, 0.4) is 0 Å². The van der Waals surface area contributed by atoms with E-state index in [1.54, 1.807) is 17.3 Å². The fraction of sp³-hybridized carbons (Fsp3) is 0.500. The maximum atomic E-state index is 15.4. The molecule has 0 radical (unpaired) electrons. The van der Waals surface area contributed by atoms with E-state index in [4.69, 9.17) is 4.74 Å². The summed E-state index contributed by atoms with van der Waals surface area (Å²) in [4.78, 5) is 16.5. The average Bonchev–Trinajstić information content (AvgIpc) is 2.78. The number of nitrogens with zero attached hydrogens (tertiary/aromatic N) is 4. The molecule has 31 heavy (non-hydrogen) atoms. The Hall–Kier alpha value is -2.68. The Balaban J connectivity index is 1.26. The van der Waals surface area contributed by atoms with Crippen LogP contribution in [0.4, 0.5) is 13.2 Å². The second-order valence-electron chi connectivity index (χ2n) is 8.18. The zero-order chi connectivity index (χ0) is 21.8. The number of benzene rings is 1. The standard InChI is InChI=1S/C22H25F3N4O2/c23-17-1-2-20(19(24)13-17)31-18-4-9-29(10-5-18)21(30)22(25)6-11-28(12-7-22)15-16-3-8-26-27-14-16/h1-3,8,13-14,18H,4-7,9-12,15H2. The van der Waals surface area contributed by atoms with E-state index in [-0.39, 0.29) is 24.7 Å². The Bertz CT molecular complexity index is 899. The predicted molar refractivity (Wildman–Crippen MR) is 107 cm³/mol. The number of ether oxygens (including phenoxy) is 1. The van der Waals surface area contributed by atoms with E-state index >= 15 is 4.39 Å². The second kappa shape index (κ2) is 9.21. The van der Waals surface area contributed by atoms with Gasteiger partial charge in [0.25, 0.3) is 5.91 Å². The number of alkyl halides is 1. The molecule has 9 heteroatoms. The monoisotopic (exact) mass is 434 g/mol. The SMILES string of the molecule is O=C(N1CCC(Oc2ccc(F)cc2F)CC1)C1(F)CCN(Cc2ccnnc2)CC1. The van der Waals surface area contributed by atoms with Gasteiger partial charge in [-0.3, -0.25) is 9.69 Å². The summed E-state index contributed by atoms with van der Waals surface area (Å²) in [6, 6.07) is 5.05. The predicted octanol–water partition coefficient (Wildman–Crippen LogP) is 3.13. The van der Waals surface area contributed by atoms with Gasteiger partial charge in [-0.2, -0.15) is 10.2 Å². The van der Waals surface area contributed by atoms with E-state index in [0.29, 0.717) is 45.6 Å². The number of carbonyl (C=O) groups is 1. The molecule has 3 heterocycles. The van der Waals surface area contributed by atoms with Crippen molar-refractivity contribution in [2.24, 2.45) is 0 Å². The molecule has 1 aromatic carbocycles. The lowest BCUT2D eigenvalue weighted by Gasteiger charge is -2.40. The molecule has 1 amide bonds. The van der Waals surface area contributed by atoms with E-state index in [2.05, 4.69) is 15.1 Å². The number of aromatic nitrogens is 2. The molecule has 0 bridgehead atoms. The first-order valence-corrected chi connectivity index (χ1v) is 10.5. The van der Waals surface area contributed by atoms with Crippen LogP contribution >= 0.6 is 0 Å². The zero-order valence-electron chi connectivity index (χ0n) is 17.1. The van der Waals surface area contributed by atoms with Crippen molar-refractivity contribution in [2.75, 3.05) is 26.2 Å². The van der Waals surface area contributed by atoms with Crippen LogP contribution in [0, 0.1) is 11.6 Å². The lowest BCUT2D eigenvalue weighted by Crippen LogP contribution is -2.54. The summed E-state index contributed by atoms with van der Waals surface area (Å²) >= 11 is 0. The highest BCUT2D eigenvalue weighted by Gasteiger charge is 2.44. The molecule has 2 aliphatic heterocycles. The van der Waals surface area contributed by atoms with Gasteiger partial charge in [0, 0.05) is 70.7 Å². The van der Waals surface area contributed by atoms with Gasteiger partial charge in [-0.25, -0.2) is 13.2 Å². The summed E-state index contributed by atoms with van der Waals surface area (Å²) in [5.41, 5.74) is -0.851. The van der Waals surface area contributed by atoms with Crippen LogP contribution in [0.1, 0.15) is 31.2 Å². The third-order valence-corrected chi connectivity index (χ3v) is 6.00. The molecule has 2 saturated heterocycles. The van der Waals surface area contributed by atoms with Crippen LogP contribution in [-0.2, 0) is 11.3 Å². The van der Waals surface area contributed by atoms with E-state index < -0.39 is 23.2 Å². The van der Waals surface area contributed by atoms with Crippen molar-refractivity contribution in [3.8, 4) is 5.75 Å². The molecule has 4 rings (SSSR count). The molecular weight excluding hydrogens is 409 g/mol. The minimum Gasteiger partial charge on any atom is -0.487 e. The number of hydrogen-bond donors (Lipinski definition) is 0. The molecule has 166 valence electrons. The summed E-state index contributed by atoms with van der Waals surface area (Å²) in [5, 5.41) is 7.60. The number of carbonyl (C=O) groups excluding carboxylic acids is 1. The van der Waals surface area contributed by atoms with Gasteiger partial charge in [0.2, 0.25) is 0 Å². The molecule has 0 aliphatic carbocycles. The zero-order valence-corrected chi connectivity index (χ0v) is 17.1. The van der Waals surface area contributed by atoms with Crippen molar-refractivity contribution in [1.82, 2.24) is 20.0 Å². The maximum absolute atomic E-state index is 15.4. The van der Waals surface area contributed by atoms with Crippen LogP contribution < -0.4 is 4.74 Å². The first kappa shape index (κ1) is 21.5. The molecule has 0 unspecified atom stereocenters. The largest absolute Gasteiger partial charge is 0.487 e. The van der Waals surface area contributed by atoms with Crippen LogP contribution in [0.15, 0.2) is 36.7 Å². The van der Waals surface area contributed by atoms with Gasteiger partial charge in [-0.1, -0.05) is 0 Å². The van der Waals surface area contributed by atoms with Gasteiger partial charge in [0.15, 0.2) is 17.2 Å². The van der Waals surface area contributed by atoms with E-state index in [1.165, 1.54) is 6.07 Å². The quantitative estimate of drug-likeness (QED) is 0.724. The molecule has 2 aliphatic rings. The Morgan fingerprint density at radius 1 is 1.10 bits per heavy atom. The molecule has 0 atom stereocenters. The van der Waals surface area contributed by atoms with Crippen molar-refractivity contribution in [3.63, 3.8) is 0 Å². The van der Waals surface area contributed by atoms with E-state index in [0.717, 1.165) is 17.7 Å². The summed E-state index contributed by atoms with van der Waals surface area (Å²) in [6.45, 7) is 2.35. The minimum atomic E-state index is -1.86. The Morgan fingerprint density at radius 2 is 1.84 bits per heavy atom. The minimum absolute atomic E-state index is 0.00934. The summed E-state index contributed by atoms with van der Waals surface area (Å²) in [5.74, 6) is -1.90. The van der Waals surface area contributed by atoms with Crippen molar-refractivity contribution >= 4 is 5.91 Å². The van der Waals surface area contributed by atoms with Gasteiger partial charge in [-0.15, -0.1) is 0 Å². The second-order valence-corrected chi connectivity index (χ2v) is 8.18. The third-order valence-electron chi connectivity index (χ3n) is 6.00. The highest BCUT2D eigenvalue weighted by Crippen LogP contribution is 2.31. The first-order chi connectivity index (χ1) is 14.9. The Kier molecular flexibility index (Phi) is 6.41. The molecule has 2 aromatic rings. The molecule has 6 nitrogen and oxygen atoms in total. The molecule has 0 N–H and O–H groups in total. The van der Waals surface area contributed by atoms with Crippen molar-refractivity contribution in [3.05, 3.63) is 53.9 Å². The summed E-state index contributed by atoms with van der Waals surface area (Å²) < 4.78 is 47.9. The number of halogens is 3.